The Morgan fingerprint density at radius 2 is 2.00 bits per heavy atom. The molecule has 1 saturated heterocycles. The second-order valence-corrected chi connectivity index (χ2v) is 4.44. The SMILES string of the molecule is OC[C@@H](ON1CCOCC1)c1cccc(C(F)(F)F)c1. The van der Waals surface area contributed by atoms with E-state index in [-0.39, 0.29) is 0 Å². The average molecular weight is 291 g/mol. The van der Waals surface area contributed by atoms with E-state index < -0.39 is 24.5 Å². The van der Waals surface area contributed by atoms with Gasteiger partial charge in [-0.15, -0.1) is 0 Å². The van der Waals surface area contributed by atoms with Crippen LogP contribution in [0.25, 0.3) is 0 Å². The molecule has 0 spiro atoms. The van der Waals surface area contributed by atoms with E-state index in [2.05, 4.69) is 0 Å². The van der Waals surface area contributed by atoms with Crippen molar-refractivity contribution in [3.8, 4) is 0 Å². The molecule has 1 aromatic carbocycles. The second kappa shape index (κ2) is 6.53. The standard InChI is InChI=1S/C13H16F3NO3/c14-13(15,16)11-3-1-2-10(8-11)12(9-18)20-17-4-6-19-7-5-17/h1-3,8,12,18H,4-7,9H2/t12-/m1/s1. The fraction of sp³-hybridized carbons (Fsp3) is 0.538. The van der Waals surface area contributed by atoms with E-state index in [0.717, 1.165) is 12.1 Å². The lowest BCUT2D eigenvalue weighted by molar-refractivity contribution is -0.234. The van der Waals surface area contributed by atoms with Gasteiger partial charge in [-0.25, -0.2) is 0 Å². The number of rotatable bonds is 4. The molecule has 0 bridgehead atoms. The van der Waals surface area contributed by atoms with Gasteiger partial charge in [-0.1, -0.05) is 12.1 Å². The molecule has 0 aromatic heterocycles. The van der Waals surface area contributed by atoms with Gasteiger partial charge in [0, 0.05) is 13.1 Å². The van der Waals surface area contributed by atoms with E-state index in [9.17, 15) is 18.3 Å². The number of aliphatic hydroxyl groups is 1. The van der Waals surface area contributed by atoms with Gasteiger partial charge in [0.05, 0.1) is 25.4 Å². The van der Waals surface area contributed by atoms with Gasteiger partial charge in [0.1, 0.15) is 6.10 Å². The van der Waals surface area contributed by atoms with Gasteiger partial charge in [-0.05, 0) is 17.7 Å². The van der Waals surface area contributed by atoms with Gasteiger partial charge in [0.15, 0.2) is 0 Å². The molecule has 0 aliphatic carbocycles. The third kappa shape index (κ3) is 3.92. The molecule has 1 fully saturated rings. The van der Waals surface area contributed by atoms with E-state index in [1.807, 2.05) is 0 Å². The lowest BCUT2D eigenvalue weighted by atomic mass is 10.1. The van der Waals surface area contributed by atoms with Crippen LogP contribution in [0.1, 0.15) is 17.2 Å². The summed E-state index contributed by atoms with van der Waals surface area (Å²) in [5, 5.41) is 10.9. The first-order valence-corrected chi connectivity index (χ1v) is 6.28. The van der Waals surface area contributed by atoms with Gasteiger partial charge in [-0.2, -0.15) is 18.2 Å². The topological polar surface area (TPSA) is 41.9 Å². The Kier molecular flexibility index (Phi) is 4.98. The van der Waals surface area contributed by atoms with Gasteiger partial charge in [-0.3, -0.25) is 4.84 Å². The van der Waals surface area contributed by atoms with Crippen molar-refractivity contribution < 1.29 is 27.9 Å². The molecule has 1 aliphatic rings. The van der Waals surface area contributed by atoms with Crippen molar-refractivity contribution in [1.82, 2.24) is 5.06 Å². The summed E-state index contributed by atoms with van der Waals surface area (Å²) in [5.74, 6) is 0. The summed E-state index contributed by atoms with van der Waals surface area (Å²) in [6.07, 6.45) is -5.22. The van der Waals surface area contributed by atoms with Crippen LogP contribution in [0.2, 0.25) is 0 Å². The van der Waals surface area contributed by atoms with E-state index in [1.165, 1.54) is 12.1 Å². The number of ether oxygens (including phenoxy) is 1. The Hall–Kier alpha value is -1.15. The fourth-order valence-electron chi connectivity index (χ4n) is 1.95. The highest BCUT2D eigenvalue weighted by Gasteiger charge is 2.31. The molecular formula is C13H16F3NO3. The molecule has 0 unspecified atom stereocenters. The highest BCUT2D eigenvalue weighted by atomic mass is 19.4. The first-order valence-electron chi connectivity index (χ1n) is 6.28. The predicted octanol–water partition coefficient (Wildman–Crippen LogP) is 2.00. The van der Waals surface area contributed by atoms with Crippen LogP contribution < -0.4 is 0 Å². The molecule has 1 aliphatic heterocycles. The molecular weight excluding hydrogens is 275 g/mol. The minimum absolute atomic E-state index is 0.300. The number of nitrogens with zero attached hydrogens (tertiary/aromatic N) is 1. The van der Waals surface area contributed by atoms with Gasteiger partial charge in [0.2, 0.25) is 0 Å². The largest absolute Gasteiger partial charge is 0.416 e. The molecule has 1 aromatic rings. The summed E-state index contributed by atoms with van der Waals surface area (Å²) in [5.41, 5.74) is -0.451. The summed E-state index contributed by atoms with van der Waals surface area (Å²) >= 11 is 0. The zero-order valence-electron chi connectivity index (χ0n) is 10.8. The summed E-state index contributed by atoms with van der Waals surface area (Å²) in [7, 11) is 0. The minimum atomic E-state index is -4.41. The normalized spacial score (nSPS) is 19.0. The molecule has 20 heavy (non-hydrogen) atoms. The van der Waals surface area contributed by atoms with E-state index in [1.54, 1.807) is 5.06 Å². The highest BCUT2D eigenvalue weighted by molar-refractivity contribution is 5.27. The summed E-state index contributed by atoms with van der Waals surface area (Å²) in [6.45, 7) is 1.66. The third-order valence-electron chi connectivity index (χ3n) is 3.00. The number of hydroxylamine groups is 2. The maximum atomic E-state index is 12.7. The number of hydrogen-bond acceptors (Lipinski definition) is 4. The Morgan fingerprint density at radius 3 is 2.60 bits per heavy atom. The predicted molar refractivity (Wildman–Crippen MR) is 64.7 cm³/mol. The van der Waals surface area contributed by atoms with Crippen LogP contribution >= 0.6 is 0 Å². The van der Waals surface area contributed by atoms with Crippen molar-refractivity contribution in [2.24, 2.45) is 0 Å². The van der Waals surface area contributed by atoms with Crippen molar-refractivity contribution in [1.29, 1.82) is 0 Å². The second-order valence-electron chi connectivity index (χ2n) is 4.44. The van der Waals surface area contributed by atoms with Gasteiger partial charge < -0.3 is 9.84 Å². The van der Waals surface area contributed by atoms with Crippen LogP contribution in [0.5, 0.6) is 0 Å². The van der Waals surface area contributed by atoms with Crippen LogP contribution in [-0.4, -0.2) is 43.1 Å². The summed E-state index contributed by atoms with van der Waals surface area (Å²) < 4.78 is 43.1. The van der Waals surface area contributed by atoms with Crippen molar-refractivity contribution >= 4 is 0 Å². The Labute approximate surface area is 114 Å². The van der Waals surface area contributed by atoms with E-state index in [4.69, 9.17) is 9.57 Å². The Morgan fingerprint density at radius 1 is 1.30 bits per heavy atom. The number of morpholine rings is 1. The number of benzene rings is 1. The average Bonchev–Trinajstić information content (AvgIpc) is 2.45. The molecule has 7 heteroatoms. The van der Waals surface area contributed by atoms with Crippen molar-refractivity contribution in [3.63, 3.8) is 0 Å². The third-order valence-corrected chi connectivity index (χ3v) is 3.00. The monoisotopic (exact) mass is 291 g/mol. The Bertz CT molecular complexity index is 433. The maximum Gasteiger partial charge on any atom is 0.416 e. The molecule has 0 radical (unpaired) electrons. The first kappa shape index (κ1) is 15.2. The molecule has 1 atom stereocenters. The molecule has 4 nitrogen and oxygen atoms in total. The number of hydrogen-bond donors (Lipinski definition) is 1. The van der Waals surface area contributed by atoms with Crippen molar-refractivity contribution in [3.05, 3.63) is 35.4 Å². The number of halogens is 3. The molecule has 0 saturated carbocycles. The van der Waals surface area contributed by atoms with Crippen LogP contribution in [0.4, 0.5) is 13.2 Å². The highest BCUT2D eigenvalue weighted by Crippen LogP contribution is 2.31. The van der Waals surface area contributed by atoms with Crippen molar-refractivity contribution in [2.75, 3.05) is 32.9 Å². The Balaban J connectivity index is 2.10. The van der Waals surface area contributed by atoms with E-state index >= 15 is 0 Å². The van der Waals surface area contributed by atoms with Crippen molar-refractivity contribution in [2.45, 2.75) is 12.3 Å². The van der Waals surface area contributed by atoms with Gasteiger partial charge >= 0.3 is 6.18 Å². The zero-order valence-corrected chi connectivity index (χ0v) is 10.8. The quantitative estimate of drug-likeness (QED) is 0.921. The van der Waals surface area contributed by atoms with Gasteiger partial charge in [0.25, 0.3) is 0 Å². The first-order chi connectivity index (χ1) is 9.50. The molecule has 112 valence electrons. The lowest BCUT2D eigenvalue weighted by Gasteiger charge is -2.29. The van der Waals surface area contributed by atoms with Crippen LogP contribution in [0, 0.1) is 0 Å². The summed E-state index contributed by atoms with van der Waals surface area (Å²) in [4.78, 5) is 5.53. The molecule has 1 N–H and O–H groups in total. The lowest BCUT2D eigenvalue weighted by Crippen LogP contribution is -2.37. The minimum Gasteiger partial charge on any atom is -0.393 e. The van der Waals surface area contributed by atoms with Crippen LogP contribution in [0.15, 0.2) is 24.3 Å². The molecule has 0 amide bonds. The van der Waals surface area contributed by atoms with Crippen LogP contribution in [-0.2, 0) is 15.8 Å². The molecule has 2 rings (SSSR count). The van der Waals surface area contributed by atoms with Crippen LogP contribution in [0.3, 0.4) is 0 Å². The fourth-order valence-corrected chi connectivity index (χ4v) is 1.95. The zero-order chi connectivity index (χ0) is 14.6. The number of aliphatic hydroxyl groups excluding tert-OH is 1. The summed E-state index contributed by atoms with van der Waals surface area (Å²) in [6, 6.07) is 4.81. The maximum absolute atomic E-state index is 12.7. The molecule has 1 heterocycles. The smallest absolute Gasteiger partial charge is 0.393 e. The number of alkyl halides is 3. The van der Waals surface area contributed by atoms with E-state index in [0.29, 0.717) is 31.9 Å².